The molecule has 1 aliphatic heterocycles. The molecule has 4 aromatic rings. The molecule has 0 saturated carbocycles. The lowest BCUT2D eigenvalue weighted by Gasteiger charge is -2.25. The zero-order valence-electron chi connectivity index (χ0n) is 16.5. The number of para-hydroxylation sites is 1. The smallest absolute Gasteiger partial charge is 0.268 e. The number of thiazole rings is 1. The van der Waals surface area contributed by atoms with E-state index in [1.54, 1.807) is 5.38 Å². The third-order valence-electron chi connectivity index (χ3n) is 5.36. The van der Waals surface area contributed by atoms with E-state index in [4.69, 9.17) is 0 Å². The fraction of sp³-hybridized carbons (Fsp3) is 0.238. The van der Waals surface area contributed by atoms with Gasteiger partial charge in [-0.15, -0.1) is 22.7 Å². The Morgan fingerprint density at radius 2 is 1.90 bits per heavy atom. The third kappa shape index (κ3) is 3.80. The van der Waals surface area contributed by atoms with Crippen molar-refractivity contribution in [2.45, 2.75) is 24.2 Å². The van der Waals surface area contributed by atoms with Gasteiger partial charge in [-0.2, -0.15) is 4.31 Å². The second-order valence-electron chi connectivity index (χ2n) is 7.32. The summed E-state index contributed by atoms with van der Waals surface area (Å²) in [7, 11) is -3.68. The van der Waals surface area contributed by atoms with Crippen molar-refractivity contribution in [3.63, 3.8) is 0 Å². The third-order valence-corrected chi connectivity index (χ3v) is 9.10. The largest absolute Gasteiger partial charge is 0.360 e. The molecule has 7 nitrogen and oxygen atoms in total. The van der Waals surface area contributed by atoms with Gasteiger partial charge in [0.05, 0.1) is 5.69 Å². The van der Waals surface area contributed by atoms with Crippen molar-refractivity contribution < 1.29 is 13.2 Å². The summed E-state index contributed by atoms with van der Waals surface area (Å²) in [5, 5.41) is 7.78. The predicted octanol–water partition coefficient (Wildman–Crippen LogP) is 4.78. The van der Waals surface area contributed by atoms with Crippen LogP contribution in [0.5, 0.6) is 0 Å². The fourth-order valence-electron chi connectivity index (χ4n) is 3.80. The van der Waals surface area contributed by atoms with Gasteiger partial charge in [-0.25, -0.2) is 13.4 Å². The number of hydrogen-bond donors (Lipinski definition) is 2. The molecule has 0 bridgehead atoms. The zero-order chi connectivity index (χ0) is 21.4. The normalized spacial score (nSPS) is 15.4. The van der Waals surface area contributed by atoms with Crippen LogP contribution >= 0.6 is 22.7 Å². The number of carbonyl (C=O) groups is 1. The molecule has 0 unspecified atom stereocenters. The number of anilines is 1. The number of carbonyl (C=O) groups excluding carboxylic acids is 1. The number of rotatable bonds is 5. The van der Waals surface area contributed by atoms with Crippen LogP contribution in [0.3, 0.4) is 0 Å². The highest BCUT2D eigenvalue weighted by molar-refractivity contribution is 7.89. The first-order valence-corrected chi connectivity index (χ1v) is 13.1. The standard InChI is InChI=1S/C21H20N4O3S3/c26-20(19-18(8-11-29-19)31(27,28)25-9-4-1-5-10-25)24-21-23-17(13-30-21)15-12-22-16-7-3-2-6-14(15)16/h2-3,6-8,11-13,22H,1,4-5,9-10H2,(H,23,24,26). The number of benzene rings is 1. The molecule has 1 fully saturated rings. The number of aromatic amines is 1. The maximum Gasteiger partial charge on any atom is 0.268 e. The van der Waals surface area contributed by atoms with E-state index >= 15 is 0 Å². The van der Waals surface area contributed by atoms with Gasteiger partial charge in [-0.1, -0.05) is 24.6 Å². The highest BCUT2D eigenvalue weighted by atomic mass is 32.2. The lowest BCUT2D eigenvalue weighted by molar-refractivity contribution is 0.102. The van der Waals surface area contributed by atoms with E-state index < -0.39 is 15.9 Å². The SMILES string of the molecule is O=C(Nc1nc(-c2c[nH]c3ccccc23)cs1)c1sccc1S(=O)(=O)N1CCCCC1. The van der Waals surface area contributed by atoms with Crippen molar-refractivity contribution in [2.75, 3.05) is 18.4 Å². The molecule has 0 spiro atoms. The van der Waals surface area contributed by atoms with Gasteiger partial charge in [0.1, 0.15) is 9.77 Å². The number of H-pyrrole nitrogens is 1. The van der Waals surface area contributed by atoms with E-state index in [1.807, 2.05) is 35.8 Å². The van der Waals surface area contributed by atoms with Gasteiger partial charge in [-0.3, -0.25) is 10.1 Å². The summed E-state index contributed by atoms with van der Waals surface area (Å²) in [5.74, 6) is -0.453. The summed E-state index contributed by atoms with van der Waals surface area (Å²) >= 11 is 2.44. The first-order chi connectivity index (χ1) is 15.0. The second-order valence-corrected chi connectivity index (χ2v) is 11.0. The van der Waals surface area contributed by atoms with Crippen LogP contribution < -0.4 is 5.32 Å². The molecule has 5 rings (SSSR count). The Morgan fingerprint density at radius 1 is 1.10 bits per heavy atom. The molecule has 31 heavy (non-hydrogen) atoms. The number of fused-ring (bicyclic) bond motifs is 1. The van der Waals surface area contributed by atoms with Crippen LogP contribution in [-0.4, -0.2) is 41.7 Å². The van der Waals surface area contributed by atoms with Gasteiger partial charge >= 0.3 is 0 Å². The fourth-order valence-corrected chi connectivity index (χ4v) is 7.32. The van der Waals surface area contributed by atoms with Crippen molar-refractivity contribution in [3.05, 3.63) is 52.2 Å². The monoisotopic (exact) mass is 472 g/mol. The minimum atomic E-state index is -3.68. The van der Waals surface area contributed by atoms with Crippen molar-refractivity contribution in [1.29, 1.82) is 0 Å². The molecule has 1 amide bonds. The Balaban J connectivity index is 1.38. The Kier molecular flexibility index (Phi) is 5.39. The van der Waals surface area contributed by atoms with Crippen molar-refractivity contribution in [3.8, 4) is 11.3 Å². The highest BCUT2D eigenvalue weighted by Crippen LogP contribution is 2.32. The van der Waals surface area contributed by atoms with Crippen LogP contribution in [0, 0.1) is 0 Å². The van der Waals surface area contributed by atoms with E-state index in [0.29, 0.717) is 18.2 Å². The van der Waals surface area contributed by atoms with E-state index in [1.165, 1.54) is 21.7 Å². The average Bonchev–Trinajstić information content (AvgIpc) is 3.53. The molecule has 10 heteroatoms. The molecule has 4 heterocycles. The summed E-state index contributed by atoms with van der Waals surface area (Å²) in [6.07, 6.45) is 4.63. The Morgan fingerprint density at radius 3 is 2.74 bits per heavy atom. The summed E-state index contributed by atoms with van der Waals surface area (Å²) in [5.41, 5.74) is 2.73. The number of hydrogen-bond acceptors (Lipinski definition) is 6. The Bertz CT molecular complexity index is 1350. The number of thiophene rings is 1. The Labute approximate surface area is 187 Å². The molecule has 2 N–H and O–H groups in total. The van der Waals surface area contributed by atoms with E-state index in [9.17, 15) is 13.2 Å². The van der Waals surface area contributed by atoms with Gasteiger partial charge in [0.2, 0.25) is 10.0 Å². The number of sulfonamides is 1. The van der Waals surface area contributed by atoms with Crippen molar-refractivity contribution in [1.82, 2.24) is 14.3 Å². The number of piperidine rings is 1. The second kappa shape index (κ2) is 8.19. The van der Waals surface area contributed by atoms with E-state index in [-0.39, 0.29) is 9.77 Å². The summed E-state index contributed by atoms with van der Waals surface area (Å²) in [6, 6.07) is 9.46. The molecule has 1 aromatic carbocycles. The van der Waals surface area contributed by atoms with Crippen molar-refractivity contribution in [2.24, 2.45) is 0 Å². The van der Waals surface area contributed by atoms with Crippen LogP contribution in [0.15, 0.2) is 52.2 Å². The number of nitrogens with one attached hydrogen (secondary N) is 2. The van der Waals surface area contributed by atoms with Gasteiger partial charge in [-0.05, 0) is 30.4 Å². The van der Waals surface area contributed by atoms with Crippen LogP contribution in [0.4, 0.5) is 5.13 Å². The van der Waals surface area contributed by atoms with E-state index in [0.717, 1.165) is 52.8 Å². The van der Waals surface area contributed by atoms with Crippen molar-refractivity contribution >= 4 is 54.6 Å². The molecule has 0 atom stereocenters. The molecule has 1 saturated heterocycles. The maximum absolute atomic E-state index is 13.0. The molecule has 160 valence electrons. The first kappa shape index (κ1) is 20.4. The van der Waals surface area contributed by atoms with Crippen LogP contribution in [0.1, 0.15) is 28.9 Å². The predicted molar refractivity (Wildman–Crippen MR) is 124 cm³/mol. The molecular formula is C21H20N4O3S3. The molecule has 3 aromatic heterocycles. The topological polar surface area (TPSA) is 95.2 Å². The highest BCUT2D eigenvalue weighted by Gasteiger charge is 2.31. The quantitative estimate of drug-likeness (QED) is 0.437. The lowest BCUT2D eigenvalue weighted by Crippen LogP contribution is -2.36. The molecule has 0 aliphatic carbocycles. The summed E-state index contributed by atoms with van der Waals surface area (Å²) < 4.78 is 27.6. The van der Waals surface area contributed by atoms with Crippen LogP contribution in [-0.2, 0) is 10.0 Å². The van der Waals surface area contributed by atoms with Gasteiger partial charge in [0.15, 0.2) is 5.13 Å². The lowest BCUT2D eigenvalue weighted by atomic mass is 10.1. The number of nitrogens with zero attached hydrogens (tertiary/aromatic N) is 2. The number of aromatic nitrogens is 2. The minimum absolute atomic E-state index is 0.0744. The van der Waals surface area contributed by atoms with Gasteiger partial charge in [0.25, 0.3) is 5.91 Å². The van der Waals surface area contributed by atoms with Gasteiger partial charge < -0.3 is 4.98 Å². The number of amides is 1. The minimum Gasteiger partial charge on any atom is -0.360 e. The first-order valence-electron chi connectivity index (χ1n) is 9.95. The van der Waals surface area contributed by atoms with E-state index in [2.05, 4.69) is 15.3 Å². The average molecular weight is 473 g/mol. The zero-order valence-corrected chi connectivity index (χ0v) is 18.9. The van der Waals surface area contributed by atoms with Crippen LogP contribution in [0.25, 0.3) is 22.2 Å². The summed E-state index contributed by atoms with van der Waals surface area (Å²) in [4.78, 5) is 20.9. The Hall–Kier alpha value is -2.53. The summed E-state index contributed by atoms with van der Waals surface area (Å²) in [6.45, 7) is 0.999. The molecular weight excluding hydrogens is 452 g/mol. The molecule has 0 radical (unpaired) electrons. The molecule has 1 aliphatic rings. The van der Waals surface area contributed by atoms with Gasteiger partial charge in [0, 0.05) is 41.1 Å². The van der Waals surface area contributed by atoms with Crippen LogP contribution in [0.2, 0.25) is 0 Å². The maximum atomic E-state index is 13.0.